The number of halogens is 3. The normalized spacial score (nSPS) is 18.3. The van der Waals surface area contributed by atoms with Crippen LogP contribution < -0.4 is 5.32 Å². The van der Waals surface area contributed by atoms with Crippen molar-refractivity contribution in [1.82, 2.24) is 4.31 Å². The molecule has 0 aromatic heterocycles. The van der Waals surface area contributed by atoms with Crippen LogP contribution in [0.25, 0.3) is 0 Å². The van der Waals surface area contributed by atoms with E-state index in [0.29, 0.717) is 6.07 Å². The van der Waals surface area contributed by atoms with E-state index in [0.717, 1.165) is 16.4 Å². The lowest BCUT2D eigenvalue weighted by Crippen LogP contribution is -2.50. The standard InChI is InChI=1S/C17H15ClF2N2O4S/c18-14-3-1-2-4-16(14)27(24,25)22-5-6-26-15(10-22)17(23)21-13-8-11(19)7-12(20)9-13/h1-4,7-9,15H,5-6,10H2,(H,21,23)/t15-/m1/s1. The quantitative estimate of drug-likeness (QED) is 0.831. The minimum absolute atomic E-state index is 0.0146. The van der Waals surface area contributed by atoms with Gasteiger partial charge in [-0.2, -0.15) is 4.31 Å². The molecule has 0 unspecified atom stereocenters. The molecule has 1 atom stereocenters. The summed E-state index contributed by atoms with van der Waals surface area (Å²) in [6, 6.07) is 8.54. The molecule has 1 saturated heterocycles. The molecule has 0 aliphatic carbocycles. The van der Waals surface area contributed by atoms with E-state index in [4.69, 9.17) is 16.3 Å². The van der Waals surface area contributed by atoms with Gasteiger partial charge in [-0.3, -0.25) is 4.79 Å². The van der Waals surface area contributed by atoms with Crippen LogP contribution in [0.4, 0.5) is 14.5 Å². The number of nitrogens with one attached hydrogen (secondary N) is 1. The van der Waals surface area contributed by atoms with Crippen molar-refractivity contribution in [1.29, 1.82) is 0 Å². The lowest BCUT2D eigenvalue weighted by molar-refractivity contribution is -0.130. The summed E-state index contributed by atoms with van der Waals surface area (Å²) < 4.78 is 58.5. The maximum absolute atomic E-state index is 13.2. The fraction of sp³-hybridized carbons (Fsp3) is 0.235. The van der Waals surface area contributed by atoms with Crippen molar-refractivity contribution in [2.24, 2.45) is 0 Å². The van der Waals surface area contributed by atoms with E-state index in [2.05, 4.69) is 5.32 Å². The lowest BCUT2D eigenvalue weighted by atomic mass is 10.2. The Morgan fingerprint density at radius 1 is 1.19 bits per heavy atom. The first-order valence-electron chi connectivity index (χ1n) is 7.90. The molecule has 0 saturated carbocycles. The lowest BCUT2D eigenvalue weighted by Gasteiger charge is -2.31. The average Bonchev–Trinajstić information content (AvgIpc) is 2.61. The van der Waals surface area contributed by atoms with Crippen LogP contribution in [0.15, 0.2) is 47.4 Å². The second-order valence-corrected chi connectivity index (χ2v) is 8.11. The van der Waals surface area contributed by atoms with E-state index in [-0.39, 0.29) is 35.3 Å². The molecule has 2 aromatic carbocycles. The highest BCUT2D eigenvalue weighted by atomic mass is 35.5. The molecule has 0 spiro atoms. The van der Waals surface area contributed by atoms with E-state index in [1.54, 1.807) is 12.1 Å². The number of sulfonamides is 1. The largest absolute Gasteiger partial charge is 0.366 e. The molecule has 0 bridgehead atoms. The average molecular weight is 417 g/mol. The zero-order chi connectivity index (χ0) is 19.6. The smallest absolute Gasteiger partial charge is 0.254 e. The first kappa shape index (κ1) is 19.7. The van der Waals surface area contributed by atoms with Crippen LogP contribution in [0.2, 0.25) is 5.02 Å². The van der Waals surface area contributed by atoms with E-state index in [1.165, 1.54) is 12.1 Å². The molecule has 2 aromatic rings. The van der Waals surface area contributed by atoms with Gasteiger partial charge in [-0.05, 0) is 24.3 Å². The predicted octanol–water partition coefficient (Wildman–Crippen LogP) is 2.65. The number of morpholine rings is 1. The van der Waals surface area contributed by atoms with E-state index in [9.17, 15) is 22.0 Å². The molecule has 1 N–H and O–H groups in total. The number of hydrogen-bond donors (Lipinski definition) is 1. The molecule has 1 aliphatic rings. The highest BCUT2D eigenvalue weighted by Crippen LogP contribution is 2.26. The number of ether oxygens (including phenoxy) is 1. The third-order valence-electron chi connectivity index (χ3n) is 3.91. The molecular weight excluding hydrogens is 402 g/mol. The van der Waals surface area contributed by atoms with Crippen molar-refractivity contribution in [3.63, 3.8) is 0 Å². The van der Waals surface area contributed by atoms with E-state index in [1.807, 2.05) is 0 Å². The molecule has 1 fully saturated rings. The molecule has 6 nitrogen and oxygen atoms in total. The highest BCUT2D eigenvalue weighted by molar-refractivity contribution is 7.89. The Hall–Kier alpha value is -2.07. The SMILES string of the molecule is O=C(Nc1cc(F)cc(F)c1)[C@H]1CN(S(=O)(=O)c2ccccc2Cl)CCO1. The van der Waals surface area contributed by atoms with Gasteiger partial charge in [-0.25, -0.2) is 17.2 Å². The second-order valence-electron chi connectivity index (χ2n) is 5.80. The molecule has 3 rings (SSSR count). The van der Waals surface area contributed by atoms with Crippen molar-refractivity contribution in [2.45, 2.75) is 11.0 Å². The Bertz CT molecular complexity index is 951. The Morgan fingerprint density at radius 3 is 2.52 bits per heavy atom. The molecule has 1 aliphatic heterocycles. The Morgan fingerprint density at radius 2 is 1.85 bits per heavy atom. The van der Waals surface area contributed by atoms with Gasteiger partial charge in [0.2, 0.25) is 10.0 Å². The summed E-state index contributed by atoms with van der Waals surface area (Å²) in [7, 11) is -3.92. The summed E-state index contributed by atoms with van der Waals surface area (Å²) in [6.45, 7) is -0.220. The van der Waals surface area contributed by atoms with Gasteiger partial charge in [-0.15, -0.1) is 0 Å². The van der Waals surface area contributed by atoms with Gasteiger partial charge >= 0.3 is 0 Å². The maximum atomic E-state index is 13.2. The summed E-state index contributed by atoms with van der Waals surface area (Å²) in [6.07, 6.45) is -1.14. The van der Waals surface area contributed by atoms with Crippen LogP contribution in [0.3, 0.4) is 0 Å². The summed E-state index contributed by atoms with van der Waals surface area (Å²) >= 11 is 5.98. The first-order valence-corrected chi connectivity index (χ1v) is 9.72. The zero-order valence-electron chi connectivity index (χ0n) is 13.9. The molecule has 1 heterocycles. The first-order chi connectivity index (χ1) is 12.8. The molecule has 27 heavy (non-hydrogen) atoms. The number of hydrogen-bond acceptors (Lipinski definition) is 4. The number of rotatable bonds is 4. The predicted molar refractivity (Wildman–Crippen MR) is 94.9 cm³/mol. The van der Waals surface area contributed by atoms with Crippen LogP contribution >= 0.6 is 11.6 Å². The molecular formula is C17H15ClF2N2O4S. The van der Waals surface area contributed by atoms with Crippen molar-refractivity contribution in [3.05, 3.63) is 59.1 Å². The number of carbonyl (C=O) groups is 1. The van der Waals surface area contributed by atoms with Gasteiger partial charge in [-0.1, -0.05) is 23.7 Å². The number of benzene rings is 2. The summed E-state index contributed by atoms with van der Waals surface area (Å²) in [5, 5.41) is 2.39. The highest BCUT2D eigenvalue weighted by Gasteiger charge is 2.35. The van der Waals surface area contributed by atoms with Gasteiger partial charge < -0.3 is 10.1 Å². The second kappa shape index (κ2) is 7.89. The number of anilines is 1. The zero-order valence-corrected chi connectivity index (χ0v) is 15.4. The third kappa shape index (κ3) is 4.44. The fourth-order valence-electron chi connectivity index (χ4n) is 2.64. The monoisotopic (exact) mass is 416 g/mol. The number of carbonyl (C=O) groups excluding carboxylic acids is 1. The van der Waals surface area contributed by atoms with Crippen molar-refractivity contribution < 1.29 is 26.7 Å². The van der Waals surface area contributed by atoms with Gasteiger partial charge in [0, 0.05) is 24.8 Å². The maximum Gasteiger partial charge on any atom is 0.254 e. The van der Waals surface area contributed by atoms with Crippen LogP contribution in [0.1, 0.15) is 0 Å². The topological polar surface area (TPSA) is 75.7 Å². The minimum atomic E-state index is -3.92. The Balaban J connectivity index is 1.75. The van der Waals surface area contributed by atoms with Crippen molar-refractivity contribution >= 4 is 33.2 Å². The molecule has 0 radical (unpaired) electrons. The fourth-order valence-corrected chi connectivity index (χ4v) is 4.56. The minimum Gasteiger partial charge on any atom is -0.366 e. The molecule has 1 amide bonds. The van der Waals surface area contributed by atoms with Crippen molar-refractivity contribution in [3.8, 4) is 0 Å². The Labute approximate surface area is 159 Å². The van der Waals surface area contributed by atoms with Crippen LogP contribution in [0, 0.1) is 11.6 Å². The van der Waals surface area contributed by atoms with Crippen LogP contribution in [0.5, 0.6) is 0 Å². The Kier molecular flexibility index (Phi) is 5.75. The van der Waals surface area contributed by atoms with Crippen LogP contribution in [-0.2, 0) is 19.6 Å². The summed E-state index contributed by atoms with van der Waals surface area (Å²) in [5.74, 6) is -2.41. The van der Waals surface area contributed by atoms with Crippen molar-refractivity contribution in [2.75, 3.05) is 25.0 Å². The van der Waals surface area contributed by atoms with Gasteiger partial charge in [0.1, 0.15) is 22.6 Å². The van der Waals surface area contributed by atoms with Gasteiger partial charge in [0.15, 0.2) is 0 Å². The van der Waals surface area contributed by atoms with Gasteiger partial charge in [0.25, 0.3) is 5.91 Å². The van der Waals surface area contributed by atoms with E-state index < -0.39 is 33.7 Å². The molecule has 144 valence electrons. The summed E-state index contributed by atoms with van der Waals surface area (Å²) in [5.41, 5.74) is -0.0906. The number of amides is 1. The van der Waals surface area contributed by atoms with Gasteiger partial charge in [0.05, 0.1) is 11.6 Å². The third-order valence-corrected chi connectivity index (χ3v) is 6.27. The number of nitrogens with zero attached hydrogens (tertiary/aromatic N) is 1. The van der Waals surface area contributed by atoms with Crippen LogP contribution in [-0.4, -0.2) is 44.4 Å². The summed E-state index contributed by atoms with van der Waals surface area (Å²) in [4.78, 5) is 12.3. The molecule has 10 heteroatoms. The van der Waals surface area contributed by atoms with E-state index >= 15 is 0 Å².